The topological polar surface area (TPSA) is 151 Å². The number of aromatic nitrogens is 2. The van der Waals surface area contributed by atoms with Gasteiger partial charge in [0.2, 0.25) is 10.0 Å². The Kier molecular flexibility index (Phi) is 7.79. The predicted molar refractivity (Wildman–Crippen MR) is 129 cm³/mol. The third kappa shape index (κ3) is 6.12. The number of imidazole rings is 1. The Balaban J connectivity index is 1.99. The van der Waals surface area contributed by atoms with E-state index in [1.807, 2.05) is 6.92 Å². The summed E-state index contributed by atoms with van der Waals surface area (Å²) in [5.41, 5.74) is 0.283. The van der Waals surface area contributed by atoms with Gasteiger partial charge in [0.25, 0.3) is 15.9 Å². The number of rotatable bonds is 8. The number of nitrogens with zero attached hydrogens (tertiary/aromatic N) is 4. The molecule has 0 fully saturated rings. The minimum absolute atomic E-state index is 0.0294. The van der Waals surface area contributed by atoms with Crippen molar-refractivity contribution in [3.05, 3.63) is 36.3 Å². The number of ether oxygens (including phenoxy) is 1. The molecule has 3 rings (SSSR count). The molecule has 35 heavy (non-hydrogen) atoms. The molecule has 2 N–H and O–H groups in total. The summed E-state index contributed by atoms with van der Waals surface area (Å²) in [5.74, 6) is -0.556. The second kappa shape index (κ2) is 10.1. The molecule has 0 saturated heterocycles. The predicted octanol–water partition coefficient (Wildman–Crippen LogP) is 0.332. The molecule has 0 spiro atoms. The zero-order chi connectivity index (χ0) is 26.1. The number of aliphatic hydroxyl groups is 1. The number of carbonyl (C=O) groups excluding carboxylic acids is 1. The van der Waals surface area contributed by atoms with Crippen LogP contribution in [0.5, 0.6) is 5.75 Å². The van der Waals surface area contributed by atoms with Crippen molar-refractivity contribution in [3.63, 3.8) is 0 Å². The van der Waals surface area contributed by atoms with E-state index in [1.165, 1.54) is 47.2 Å². The molecule has 1 aliphatic heterocycles. The van der Waals surface area contributed by atoms with Gasteiger partial charge in [0.15, 0.2) is 5.03 Å². The molecular weight excluding hydrogens is 498 g/mol. The molecule has 0 radical (unpaired) electrons. The van der Waals surface area contributed by atoms with Gasteiger partial charge in [0.1, 0.15) is 11.9 Å². The zero-order valence-electron chi connectivity index (χ0n) is 20.2. The van der Waals surface area contributed by atoms with E-state index in [0.717, 1.165) is 10.6 Å². The maximum atomic E-state index is 13.4. The van der Waals surface area contributed by atoms with E-state index in [-0.39, 0.29) is 47.6 Å². The lowest BCUT2D eigenvalue weighted by molar-refractivity contribution is 0.0387. The third-order valence-corrected chi connectivity index (χ3v) is 8.08. The van der Waals surface area contributed by atoms with Crippen LogP contribution >= 0.6 is 0 Å². The van der Waals surface area contributed by atoms with Crippen molar-refractivity contribution in [2.45, 2.75) is 31.0 Å². The Morgan fingerprint density at radius 2 is 2.00 bits per heavy atom. The van der Waals surface area contributed by atoms with Crippen LogP contribution in [0.4, 0.5) is 5.69 Å². The van der Waals surface area contributed by atoms with E-state index in [1.54, 1.807) is 14.0 Å². The van der Waals surface area contributed by atoms with Crippen LogP contribution in [-0.2, 0) is 27.1 Å². The van der Waals surface area contributed by atoms with Gasteiger partial charge in [-0.05, 0) is 25.1 Å². The normalized spacial score (nSPS) is 20.1. The van der Waals surface area contributed by atoms with Gasteiger partial charge in [-0.25, -0.2) is 21.8 Å². The molecule has 0 saturated carbocycles. The van der Waals surface area contributed by atoms with Crippen LogP contribution in [0.2, 0.25) is 0 Å². The van der Waals surface area contributed by atoms with Gasteiger partial charge in [-0.2, -0.15) is 4.31 Å². The Labute approximate surface area is 205 Å². The van der Waals surface area contributed by atoms with E-state index in [4.69, 9.17) is 4.74 Å². The standard InChI is InChI=1S/C21H31N5O7S2/c1-14-9-26(15(2)12-27)21(28)17-8-16(23-34(5,29)30)6-7-18(17)33-19(14)10-25(4)35(31,32)20-11-24(3)13-22-20/h6-8,11,13-15,19,23,27H,9-10,12H2,1-5H3/t14-,15+,19-/m1/s1. The highest BCUT2D eigenvalue weighted by molar-refractivity contribution is 7.92. The number of likely N-dealkylation sites (N-methyl/N-ethyl adjacent to an activating group) is 1. The number of amides is 1. The van der Waals surface area contributed by atoms with Crippen LogP contribution in [0.25, 0.3) is 0 Å². The smallest absolute Gasteiger partial charge is 0.261 e. The van der Waals surface area contributed by atoms with Crippen molar-refractivity contribution < 1.29 is 31.5 Å². The summed E-state index contributed by atoms with van der Waals surface area (Å²) >= 11 is 0. The van der Waals surface area contributed by atoms with Crippen molar-refractivity contribution in [1.82, 2.24) is 18.8 Å². The third-order valence-electron chi connectivity index (χ3n) is 5.76. The van der Waals surface area contributed by atoms with Crippen molar-refractivity contribution >= 4 is 31.6 Å². The Morgan fingerprint density at radius 3 is 2.57 bits per heavy atom. The van der Waals surface area contributed by atoms with E-state index < -0.39 is 38.1 Å². The lowest BCUT2D eigenvalue weighted by Crippen LogP contribution is -2.50. The van der Waals surface area contributed by atoms with Crippen LogP contribution < -0.4 is 9.46 Å². The van der Waals surface area contributed by atoms with Crippen LogP contribution in [0.1, 0.15) is 24.2 Å². The SMILES string of the molecule is C[C@@H]1CN([C@@H](C)CO)C(=O)c2cc(NS(C)(=O)=O)ccc2O[C@@H]1CN(C)S(=O)(=O)c1cn(C)cn1. The van der Waals surface area contributed by atoms with Gasteiger partial charge in [-0.15, -0.1) is 0 Å². The Bertz CT molecular complexity index is 1290. The van der Waals surface area contributed by atoms with Gasteiger partial charge >= 0.3 is 0 Å². The Morgan fingerprint density at radius 1 is 1.31 bits per heavy atom. The quantitative estimate of drug-likeness (QED) is 0.497. The molecule has 12 nitrogen and oxygen atoms in total. The number of nitrogens with one attached hydrogen (secondary N) is 1. The number of hydrogen-bond acceptors (Lipinski definition) is 8. The molecule has 2 heterocycles. The van der Waals surface area contributed by atoms with Crippen molar-refractivity contribution in [2.75, 3.05) is 37.7 Å². The molecule has 1 amide bonds. The number of aliphatic hydroxyl groups excluding tert-OH is 1. The number of carbonyl (C=O) groups is 1. The molecule has 1 aromatic heterocycles. The summed E-state index contributed by atoms with van der Waals surface area (Å²) in [5, 5.41) is 9.65. The average molecular weight is 530 g/mol. The lowest BCUT2D eigenvalue weighted by atomic mass is 9.99. The average Bonchev–Trinajstić information content (AvgIpc) is 3.22. The minimum Gasteiger partial charge on any atom is -0.488 e. The first-order valence-corrected chi connectivity index (χ1v) is 14.2. The van der Waals surface area contributed by atoms with E-state index in [0.29, 0.717) is 0 Å². The molecule has 1 aliphatic rings. The number of hydrogen-bond donors (Lipinski definition) is 2. The molecule has 0 bridgehead atoms. The maximum absolute atomic E-state index is 13.4. The fourth-order valence-corrected chi connectivity index (χ4v) is 5.45. The highest BCUT2D eigenvalue weighted by atomic mass is 32.2. The van der Waals surface area contributed by atoms with Crippen LogP contribution in [0.15, 0.2) is 35.7 Å². The molecule has 3 atom stereocenters. The van der Waals surface area contributed by atoms with Crippen molar-refractivity contribution in [3.8, 4) is 5.75 Å². The van der Waals surface area contributed by atoms with Crippen molar-refractivity contribution in [2.24, 2.45) is 13.0 Å². The van der Waals surface area contributed by atoms with Gasteiger partial charge in [0, 0.05) is 38.4 Å². The first kappa shape index (κ1) is 26.9. The van der Waals surface area contributed by atoms with Gasteiger partial charge in [0.05, 0.1) is 37.3 Å². The lowest BCUT2D eigenvalue weighted by Gasteiger charge is -2.38. The van der Waals surface area contributed by atoms with Gasteiger partial charge in [-0.3, -0.25) is 9.52 Å². The van der Waals surface area contributed by atoms with E-state index in [2.05, 4.69) is 9.71 Å². The summed E-state index contributed by atoms with van der Waals surface area (Å²) in [6, 6.07) is 3.78. The molecule has 194 valence electrons. The number of fused-ring (bicyclic) bond motifs is 1. The summed E-state index contributed by atoms with van der Waals surface area (Å²) in [7, 11) is -4.37. The fraction of sp³-hybridized carbons (Fsp3) is 0.524. The van der Waals surface area contributed by atoms with Crippen LogP contribution in [0, 0.1) is 5.92 Å². The van der Waals surface area contributed by atoms with Gasteiger partial charge < -0.3 is 19.3 Å². The Hall–Kier alpha value is -2.68. The maximum Gasteiger partial charge on any atom is 0.261 e. The van der Waals surface area contributed by atoms with E-state index >= 15 is 0 Å². The second-order valence-corrected chi connectivity index (χ2v) is 12.6. The minimum atomic E-state index is -3.89. The van der Waals surface area contributed by atoms with Crippen LogP contribution in [-0.4, -0.2) is 91.8 Å². The highest BCUT2D eigenvalue weighted by Crippen LogP contribution is 2.31. The first-order chi connectivity index (χ1) is 16.2. The first-order valence-electron chi connectivity index (χ1n) is 10.9. The molecule has 2 aromatic rings. The number of benzene rings is 1. The number of aryl methyl sites for hydroxylation is 1. The zero-order valence-corrected chi connectivity index (χ0v) is 21.9. The molecule has 14 heteroatoms. The van der Waals surface area contributed by atoms with E-state index in [9.17, 15) is 26.7 Å². The number of sulfonamides is 2. The summed E-state index contributed by atoms with van der Waals surface area (Å²) < 4.78 is 60.6. The van der Waals surface area contributed by atoms with Crippen molar-refractivity contribution in [1.29, 1.82) is 0 Å². The monoisotopic (exact) mass is 529 g/mol. The van der Waals surface area contributed by atoms with Crippen LogP contribution in [0.3, 0.4) is 0 Å². The fourth-order valence-electron chi connectivity index (χ4n) is 3.75. The highest BCUT2D eigenvalue weighted by Gasteiger charge is 2.35. The number of anilines is 1. The summed E-state index contributed by atoms with van der Waals surface area (Å²) in [4.78, 5) is 18.8. The molecular formula is C21H31N5O7S2. The molecule has 1 aromatic carbocycles. The van der Waals surface area contributed by atoms with Gasteiger partial charge in [-0.1, -0.05) is 6.92 Å². The molecule has 0 unspecified atom stereocenters. The summed E-state index contributed by atoms with van der Waals surface area (Å²) in [6.45, 7) is 3.40. The largest absolute Gasteiger partial charge is 0.488 e. The summed E-state index contributed by atoms with van der Waals surface area (Å²) in [6.07, 6.45) is 3.14. The second-order valence-electron chi connectivity index (χ2n) is 8.87. The molecule has 0 aliphatic carbocycles.